The highest BCUT2D eigenvalue weighted by atomic mass is 16.2. The Balaban J connectivity index is 2.27. The second kappa shape index (κ2) is 4.24. The molecule has 0 saturated heterocycles. The fourth-order valence-corrected chi connectivity index (χ4v) is 2.39. The normalized spacial score (nSPS) is 16.8. The Bertz CT molecular complexity index is 679. The quantitative estimate of drug-likeness (QED) is 0.764. The molecule has 1 amide bonds. The number of nitrogens with one attached hydrogen (secondary N) is 1. The van der Waals surface area contributed by atoms with Crippen molar-refractivity contribution in [2.45, 2.75) is 5.92 Å². The molecule has 19 heavy (non-hydrogen) atoms. The van der Waals surface area contributed by atoms with Gasteiger partial charge < -0.3 is 11.1 Å². The van der Waals surface area contributed by atoms with E-state index in [0.717, 1.165) is 5.69 Å². The van der Waals surface area contributed by atoms with Crippen molar-refractivity contribution >= 4 is 23.1 Å². The van der Waals surface area contributed by atoms with Crippen molar-refractivity contribution in [1.82, 2.24) is 0 Å². The van der Waals surface area contributed by atoms with Crippen LogP contribution in [-0.4, -0.2) is 11.7 Å². The number of hydrogen-bond donors (Lipinski definition) is 2. The van der Waals surface area contributed by atoms with Crippen molar-refractivity contribution < 1.29 is 9.59 Å². The molecule has 2 aromatic carbocycles. The second-order valence-electron chi connectivity index (χ2n) is 4.46. The number of ketones is 1. The molecule has 0 aliphatic carbocycles. The van der Waals surface area contributed by atoms with Gasteiger partial charge in [-0.05, 0) is 23.8 Å². The van der Waals surface area contributed by atoms with Gasteiger partial charge in [-0.3, -0.25) is 9.59 Å². The van der Waals surface area contributed by atoms with Crippen LogP contribution in [0.4, 0.5) is 11.4 Å². The average molecular weight is 252 g/mol. The maximum absolute atomic E-state index is 12.5. The second-order valence-corrected chi connectivity index (χ2v) is 4.46. The van der Waals surface area contributed by atoms with E-state index >= 15 is 0 Å². The first kappa shape index (κ1) is 11.5. The zero-order valence-corrected chi connectivity index (χ0v) is 10.1. The first-order valence-corrected chi connectivity index (χ1v) is 5.97. The number of amides is 1. The molecule has 2 aromatic rings. The van der Waals surface area contributed by atoms with Gasteiger partial charge in [-0.15, -0.1) is 0 Å². The number of fused-ring (bicyclic) bond motifs is 2. The number of carbonyl (C=O) groups excluding carboxylic acids is 2. The topological polar surface area (TPSA) is 72.2 Å². The van der Waals surface area contributed by atoms with Crippen LogP contribution < -0.4 is 11.1 Å². The zero-order chi connectivity index (χ0) is 13.4. The van der Waals surface area contributed by atoms with Crippen molar-refractivity contribution in [3.05, 3.63) is 59.7 Å². The van der Waals surface area contributed by atoms with Crippen LogP contribution in [0.15, 0.2) is 48.5 Å². The summed E-state index contributed by atoms with van der Waals surface area (Å²) in [5, 5.41) is 3.19. The summed E-state index contributed by atoms with van der Waals surface area (Å²) >= 11 is 0. The van der Waals surface area contributed by atoms with E-state index in [0.29, 0.717) is 16.8 Å². The van der Waals surface area contributed by atoms with E-state index in [1.54, 1.807) is 24.3 Å². The summed E-state index contributed by atoms with van der Waals surface area (Å²) in [6.45, 7) is 0. The fraction of sp³-hybridized carbons (Fsp3) is 0.0667. The van der Waals surface area contributed by atoms with Crippen molar-refractivity contribution in [1.29, 1.82) is 0 Å². The molecule has 1 unspecified atom stereocenters. The number of para-hydroxylation sites is 2. The largest absolute Gasteiger partial charge is 0.369 e. The molecular formula is C15H12N2O2. The number of anilines is 2. The Morgan fingerprint density at radius 1 is 1.00 bits per heavy atom. The molecule has 1 heterocycles. The summed E-state index contributed by atoms with van der Waals surface area (Å²) in [5.41, 5.74) is 7.96. The number of Topliss-reactive ketones (excluding diaryl/α,β-unsaturated/α-hetero) is 1. The predicted molar refractivity (Wildman–Crippen MR) is 72.4 cm³/mol. The Morgan fingerprint density at radius 2 is 1.63 bits per heavy atom. The lowest BCUT2D eigenvalue weighted by Crippen LogP contribution is -2.28. The van der Waals surface area contributed by atoms with Crippen molar-refractivity contribution in [2.24, 2.45) is 5.73 Å². The van der Waals surface area contributed by atoms with E-state index in [2.05, 4.69) is 5.32 Å². The van der Waals surface area contributed by atoms with Crippen LogP contribution in [0.3, 0.4) is 0 Å². The molecular weight excluding hydrogens is 240 g/mol. The van der Waals surface area contributed by atoms with Crippen LogP contribution in [0, 0.1) is 0 Å². The molecule has 4 heteroatoms. The van der Waals surface area contributed by atoms with Crippen molar-refractivity contribution in [3.8, 4) is 0 Å². The Kier molecular flexibility index (Phi) is 2.56. The maximum atomic E-state index is 12.5. The summed E-state index contributed by atoms with van der Waals surface area (Å²) in [6, 6.07) is 14.4. The third-order valence-corrected chi connectivity index (χ3v) is 3.28. The fourth-order valence-electron chi connectivity index (χ4n) is 2.39. The van der Waals surface area contributed by atoms with Crippen LogP contribution in [-0.2, 0) is 4.79 Å². The minimum atomic E-state index is -0.938. The molecule has 0 fully saturated rings. The molecule has 0 spiro atoms. The van der Waals surface area contributed by atoms with Gasteiger partial charge in [-0.25, -0.2) is 0 Å². The lowest BCUT2D eigenvalue weighted by atomic mass is 9.90. The minimum Gasteiger partial charge on any atom is -0.369 e. The number of carbonyl (C=O) groups is 2. The van der Waals surface area contributed by atoms with E-state index in [9.17, 15) is 9.59 Å². The smallest absolute Gasteiger partial charge is 0.232 e. The van der Waals surface area contributed by atoms with E-state index < -0.39 is 11.8 Å². The Labute approximate surface area is 110 Å². The third-order valence-electron chi connectivity index (χ3n) is 3.28. The van der Waals surface area contributed by atoms with Crippen LogP contribution in [0.1, 0.15) is 21.8 Å². The van der Waals surface area contributed by atoms with Gasteiger partial charge in [-0.1, -0.05) is 30.3 Å². The molecule has 4 nitrogen and oxygen atoms in total. The van der Waals surface area contributed by atoms with Gasteiger partial charge in [0.1, 0.15) is 5.92 Å². The molecule has 1 atom stereocenters. The van der Waals surface area contributed by atoms with Gasteiger partial charge in [-0.2, -0.15) is 0 Å². The van der Waals surface area contributed by atoms with E-state index in [1.165, 1.54) is 0 Å². The number of rotatable bonds is 1. The number of nitrogens with two attached hydrogens (primary N) is 1. The maximum Gasteiger partial charge on any atom is 0.232 e. The lowest BCUT2D eigenvalue weighted by molar-refractivity contribution is -0.118. The van der Waals surface area contributed by atoms with Gasteiger partial charge in [0.2, 0.25) is 5.91 Å². The van der Waals surface area contributed by atoms with Crippen molar-refractivity contribution in [3.63, 3.8) is 0 Å². The molecule has 0 bridgehead atoms. The van der Waals surface area contributed by atoms with Crippen LogP contribution in [0.25, 0.3) is 0 Å². The van der Waals surface area contributed by atoms with Gasteiger partial charge >= 0.3 is 0 Å². The summed E-state index contributed by atoms with van der Waals surface area (Å²) in [7, 11) is 0. The third kappa shape index (κ3) is 1.78. The van der Waals surface area contributed by atoms with Gasteiger partial charge in [0.05, 0.1) is 0 Å². The van der Waals surface area contributed by atoms with Crippen LogP contribution in [0.2, 0.25) is 0 Å². The molecule has 94 valence electrons. The first-order valence-electron chi connectivity index (χ1n) is 5.97. The zero-order valence-electron chi connectivity index (χ0n) is 10.1. The Hall–Kier alpha value is -2.62. The molecule has 1 aliphatic heterocycles. The molecule has 3 rings (SSSR count). The summed E-state index contributed by atoms with van der Waals surface area (Å²) in [5.74, 6) is -1.83. The van der Waals surface area contributed by atoms with Gasteiger partial charge in [0.15, 0.2) is 5.78 Å². The monoisotopic (exact) mass is 252 g/mol. The number of hydrogen-bond acceptors (Lipinski definition) is 3. The molecule has 0 aromatic heterocycles. The molecule has 0 saturated carbocycles. The summed E-state index contributed by atoms with van der Waals surface area (Å²) < 4.78 is 0. The van der Waals surface area contributed by atoms with Crippen molar-refractivity contribution in [2.75, 3.05) is 5.32 Å². The van der Waals surface area contributed by atoms with E-state index in [1.807, 2.05) is 24.3 Å². The lowest BCUT2D eigenvalue weighted by Gasteiger charge is -2.12. The van der Waals surface area contributed by atoms with E-state index in [4.69, 9.17) is 5.73 Å². The average Bonchev–Trinajstić information content (AvgIpc) is 2.53. The summed E-state index contributed by atoms with van der Waals surface area (Å²) in [6.07, 6.45) is 0. The Morgan fingerprint density at radius 3 is 2.37 bits per heavy atom. The molecule has 3 N–H and O–H groups in total. The van der Waals surface area contributed by atoms with Gasteiger partial charge in [0.25, 0.3) is 0 Å². The van der Waals surface area contributed by atoms with Gasteiger partial charge in [0, 0.05) is 16.9 Å². The minimum absolute atomic E-state index is 0.263. The highest BCUT2D eigenvalue weighted by Crippen LogP contribution is 2.35. The summed E-state index contributed by atoms with van der Waals surface area (Å²) in [4.78, 5) is 24.2. The van der Waals surface area contributed by atoms with Crippen LogP contribution >= 0.6 is 0 Å². The standard InChI is InChI=1S/C15H12N2O2/c16-15(19)13-9-5-1-3-7-11(9)17-12-8-4-2-6-10(12)14(13)18/h1-8,13,17H,(H2,16,19). The molecule has 1 aliphatic rings. The SMILES string of the molecule is NC(=O)C1C(=O)c2ccccc2Nc2ccccc21. The molecule has 0 radical (unpaired) electrons. The number of benzene rings is 2. The highest BCUT2D eigenvalue weighted by Gasteiger charge is 2.33. The highest BCUT2D eigenvalue weighted by molar-refractivity contribution is 6.18. The number of primary amides is 1. The predicted octanol–water partition coefficient (Wildman–Crippen LogP) is 2.20. The van der Waals surface area contributed by atoms with Crippen LogP contribution in [0.5, 0.6) is 0 Å². The first-order chi connectivity index (χ1) is 9.18. The van der Waals surface area contributed by atoms with E-state index in [-0.39, 0.29) is 5.78 Å².